The summed E-state index contributed by atoms with van der Waals surface area (Å²) in [6.45, 7) is 2.47. The van der Waals surface area contributed by atoms with Gasteiger partial charge in [-0.25, -0.2) is 9.78 Å². The maximum absolute atomic E-state index is 12.6. The third kappa shape index (κ3) is 3.12. The Hall–Kier alpha value is -2.41. The van der Waals surface area contributed by atoms with E-state index >= 15 is 0 Å². The predicted molar refractivity (Wildman–Crippen MR) is 89.1 cm³/mol. The lowest BCUT2D eigenvalue weighted by Gasteiger charge is -2.23. The molecule has 0 radical (unpaired) electrons. The zero-order valence-electron chi connectivity index (χ0n) is 13.5. The third-order valence-corrected chi connectivity index (χ3v) is 4.69. The molecule has 1 fully saturated rings. The average molecular weight is 346 g/mol. The molecule has 0 aliphatic carbocycles. The summed E-state index contributed by atoms with van der Waals surface area (Å²) in [6, 6.07) is 7.49. The Morgan fingerprint density at radius 3 is 2.71 bits per heavy atom. The molecule has 1 aliphatic rings. The van der Waals surface area contributed by atoms with Crippen LogP contribution in [0.5, 0.6) is 5.75 Å². The first-order chi connectivity index (χ1) is 11.6. The SMILES string of the molecule is CCN1C(=O)[C@H](OC(=O)c2cscn2)C[C@@H]1c1ccc(OC)cc1. The summed E-state index contributed by atoms with van der Waals surface area (Å²) in [5, 5.41) is 1.61. The van der Waals surface area contributed by atoms with E-state index in [-0.39, 0.29) is 17.6 Å². The molecule has 0 saturated carbocycles. The van der Waals surface area contributed by atoms with Crippen LogP contribution in [0.1, 0.15) is 35.4 Å². The smallest absolute Gasteiger partial charge is 0.358 e. The number of likely N-dealkylation sites (N-methyl/N-ethyl adjacent to an activating group) is 1. The van der Waals surface area contributed by atoms with Gasteiger partial charge in [-0.1, -0.05) is 12.1 Å². The Kier molecular flexibility index (Phi) is 4.80. The van der Waals surface area contributed by atoms with Gasteiger partial charge in [-0.2, -0.15) is 0 Å². The van der Waals surface area contributed by atoms with Crippen molar-refractivity contribution in [1.29, 1.82) is 0 Å². The molecule has 0 unspecified atom stereocenters. The Morgan fingerprint density at radius 1 is 1.38 bits per heavy atom. The van der Waals surface area contributed by atoms with Gasteiger partial charge in [-0.3, -0.25) is 4.79 Å². The highest BCUT2D eigenvalue weighted by molar-refractivity contribution is 7.07. The molecule has 24 heavy (non-hydrogen) atoms. The Labute approximate surface area is 144 Å². The molecule has 1 aromatic carbocycles. The number of thiazole rings is 1. The number of amides is 1. The fourth-order valence-electron chi connectivity index (χ4n) is 2.89. The number of aromatic nitrogens is 1. The summed E-state index contributed by atoms with van der Waals surface area (Å²) < 4.78 is 10.6. The molecule has 0 bridgehead atoms. The van der Waals surface area contributed by atoms with E-state index in [2.05, 4.69) is 4.98 Å². The number of ether oxygens (including phenoxy) is 2. The summed E-state index contributed by atoms with van der Waals surface area (Å²) in [6.07, 6.45) is -0.333. The molecule has 2 atom stereocenters. The summed E-state index contributed by atoms with van der Waals surface area (Å²) in [7, 11) is 1.61. The first-order valence-corrected chi connectivity index (χ1v) is 8.62. The van der Waals surface area contributed by atoms with Gasteiger partial charge in [0, 0.05) is 18.3 Å². The summed E-state index contributed by atoms with van der Waals surface area (Å²) >= 11 is 1.31. The van der Waals surface area contributed by atoms with Crippen LogP contribution in [0.2, 0.25) is 0 Å². The molecule has 126 valence electrons. The zero-order valence-corrected chi connectivity index (χ0v) is 14.3. The van der Waals surface area contributed by atoms with Crippen molar-refractivity contribution in [3.05, 3.63) is 46.4 Å². The molecule has 7 heteroatoms. The number of benzene rings is 1. The molecule has 0 spiro atoms. The fraction of sp³-hybridized carbons (Fsp3) is 0.353. The van der Waals surface area contributed by atoms with E-state index in [4.69, 9.17) is 9.47 Å². The molecule has 2 heterocycles. The average Bonchev–Trinajstić information content (AvgIpc) is 3.24. The Bertz CT molecular complexity index is 715. The van der Waals surface area contributed by atoms with Gasteiger partial charge in [-0.15, -0.1) is 11.3 Å². The minimum Gasteiger partial charge on any atom is -0.497 e. The predicted octanol–water partition coefficient (Wildman–Crippen LogP) is 2.67. The number of hydrogen-bond donors (Lipinski definition) is 0. The fourth-order valence-corrected chi connectivity index (χ4v) is 3.41. The van der Waals surface area contributed by atoms with Gasteiger partial charge in [0.1, 0.15) is 5.75 Å². The second kappa shape index (κ2) is 7.00. The van der Waals surface area contributed by atoms with E-state index in [0.29, 0.717) is 13.0 Å². The standard InChI is InChI=1S/C17H18N2O4S/c1-3-19-14(11-4-6-12(22-2)7-5-11)8-15(16(19)20)23-17(21)13-9-24-10-18-13/h4-7,9-10,14-15H,3,8H2,1-2H3/t14-,15-/m1/s1. The second-order valence-electron chi connectivity index (χ2n) is 5.42. The van der Waals surface area contributed by atoms with E-state index in [0.717, 1.165) is 11.3 Å². The van der Waals surface area contributed by atoms with E-state index in [1.165, 1.54) is 11.3 Å². The topological polar surface area (TPSA) is 68.7 Å². The van der Waals surface area contributed by atoms with Gasteiger partial charge >= 0.3 is 5.97 Å². The summed E-state index contributed by atoms with van der Waals surface area (Å²) in [5.41, 5.74) is 2.80. The molecule has 2 aromatic rings. The van der Waals surface area contributed by atoms with Gasteiger partial charge in [0.25, 0.3) is 5.91 Å². The van der Waals surface area contributed by atoms with Gasteiger partial charge in [0.2, 0.25) is 0 Å². The first kappa shape index (κ1) is 16.4. The highest BCUT2D eigenvalue weighted by atomic mass is 32.1. The summed E-state index contributed by atoms with van der Waals surface area (Å²) in [4.78, 5) is 30.3. The molecule has 3 rings (SSSR count). The van der Waals surface area contributed by atoms with E-state index in [1.54, 1.807) is 22.9 Å². The van der Waals surface area contributed by atoms with Crippen LogP contribution in [0, 0.1) is 0 Å². The zero-order chi connectivity index (χ0) is 17.1. The molecule has 1 saturated heterocycles. The Balaban J connectivity index is 1.76. The normalized spacial score (nSPS) is 20.2. The molecule has 6 nitrogen and oxygen atoms in total. The Morgan fingerprint density at radius 2 is 2.12 bits per heavy atom. The van der Waals surface area contributed by atoms with Gasteiger partial charge in [0.05, 0.1) is 18.7 Å². The highest BCUT2D eigenvalue weighted by Crippen LogP contribution is 2.35. The van der Waals surface area contributed by atoms with Crippen LogP contribution < -0.4 is 4.74 Å². The van der Waals surface area contributed by atoms with Crippen LogP contribution in [0.25, 0.3) is 0 Å². The van der Waals surface area contributed by atoms with Crippen LogP contribution in [-0.2, 0) is 9.53 Å². The number of nitrogens with zero attached hydrogens (tertiary/aromatic N) is 2. The van der Waals surface area contributed by atoms with Gasteiger partial charge in [0.15, 0.2) is 11.8 Å². The molecule has 1 amide bonds. The van der Waals surface area contributed by atoms with E-state index < -0.39 is 12.1 Å². The quantitative estimate of drug-likeness (QED) is 0.779. The highest BCUT2D eigenvalue weighted by Gasteiger charge is 2.42. The van der Waals surface area contributed by atoms with Gasteiger partial charge < -0.3 is 14.4 Å². The van der Waals surface area contributed by atoms with Crippen molar-refractivity contribution < 1.29 is 19.1 Å². The number of likely N-dealkylation sites (tertiary alicyclic amines) is 1. The minimum absolute atomic E-state index is 0.110. The lowest BCUT2D eigenvalue weighted by molar-refractivity contribution is -0.135. The number of carbonyl (C=O) groups is 2. The number of carbonyl (C=O) groups excluding carboxylic acids is 2. The maximum atomic E-state index is 12.6. The molecule has 1 aromatic heterocycles. The third-order valence-electron chi connectivity index (χ3n) is 4.10. The maximum Gasteiger partial charge on any atom is 0.358 e. The van der Waals surface area contributed by atoms with Gasteiger partial charge in [-0.05, 0) is 24.6 Å². The van der Waals surface area contributed by atoms with Crippen molar-refractivity contribution in [2.24, 2.45) is 0 Å². The van der Waals surface area contributed by atoms with Crippen LogP contribution in [-0.4, -0.2) is 41.5 Å². The lowest BCUT2D eigenvalue weighted by Crippen LogP contribution is -2.32. The monoisotopic (exact) mass is 346 g/mol. The van der Waals surface area contributed by atoms with Crippen LogP contribution >= 0.6 is 11.3 Å². The van der Waals surface area contributed by atoms with Crippen molar-refractivity contribution in [2.45, 2.75) is 25.5 Å². The number of rotatable bonds is 5. The molecule has 0 N–H and O–H groups in total. The number of methoxy groups -OCH3 is 1. The van der Waals surface area contributed by atoms with E-state index in [1.807, 2.05) is 31.2 Å². The van der Waals surface area contributed by atoms with Crippen molar-refractivity contribution in [3.63, 3.8) is 0 Å². The largest absolute Gasteiger partial charge is 0.497 e. The van der Waals surface area contributed by atoms with Crippen molar-refractivity contribution in [1.82, 2.24) is 9.88 Å². The number of esters is 1. The van der Waals surface area contributed by atoms with Crippen molar-refractivity contribution in [3.8, 4) is 5.75 Å². The summed E-state index contributed by atoms with van der Waals surface area (Å²) in [5.74, 6) is 0.0422. The molecule has 1 aliphatic heterocycles. The molecular weight excluding hydrogens is 328 g/mol. The molecular formula is C17H18N2O4S. The minimum atomic E-state index is -0.772. The van der Waals surface area contributed by atoms with Crippen LogP contribution in [0.3, 0.4) is 0 Å². The number of hydrogen-bond acceptors (Lipinski definition) is 6. The first-order valence-electron chi connectivity index (χ1n) is 7.67. The van der Waals surface area contributed by atoms with Crippen LogP contribution in [0.15, 0.2) is 35.2 Å². The lowest BCUT2D eigenvalue weighted by atomic mass is 10.0. The van der Waals surface area contributed by atoms with Crippen molar-refractivity contribution >= 4 is 23.2 Å². The van der Waals surface area contributed by atoms with Crippen molar-refractivity contribution in [2.75, 3.05) is 13.7 Å². The second-order valence-corrected chi connectivity index (χ2v) is 6.14. The van der Waals surface area contributed by atoms with E-state index in [9.17, 15) is 9.59 Å². The van der Waals surface area contributed by atoms with Crippen LogP contribution in [0.4, 0.5) is 0 Å².